The molecule has 226 valence electrons. The SMILES string of the molecule is COc1cc(OC(=O)c2ccccc2OC(C)=O)ccc1-c1ccc2c(c1COC(=O)c1ccc(C)s1)C(C)=CC(C)(C)N2. The first kappa shape index (κ1) is 30.6. The highest BCUT2D eigenvalue weighted by atomic mass is 32.1. The van der Waals surface area contributed by atoms with Crippen LogP contribution in [0.1, 0.15) is 63.7 Å². The first-order valence-corrected chi connectivity index (χ1v) is 14.8. The molecule has 4 aromatic rings. The number of carbonyl (C=O) groups is 3. The van der Waals surface area contributed by atoms with Crippen molar-refractivity contribution in [3.8, 4) is 28.4 Å². The van der Waals surface area contributed by atoms with Crippen molar-refractivity contribution in [3.05, 3.63) is 99.3 Å². The van der Waals surface area contributed by atoms with E-state index in [1.165, 1.54) is 37.5 Å². The molecule has 3 aromatic carbocycles. The molecule has 5 rings (SSSR count). The minimum atomic E-state index is -0.684. The molecule has 0 atom stereocenters. The zero-order chi connectivity index (χ0) is 31.6. The first-order valence-electron chi connectivity index (χ1n) is 14.0. The summed E-state index contributed by atoms with van der Waals surface area (Å²) in [6.07, 6.45) is 2.15. The van der Waals surface area contributed by atoms with Gasteiger partial charge in [0.2, 0.25) is 0 Å². The number of hydrogen-bond donors (Lipinski definition) is 1. The van der Waals surface area contributed by atoms with Crippen molar-refractivity contribution in [2.45, 2.75) is 46.8 Å². The normalized spacial score (nSPS) is 13.2. The zero-order valence-corrected chi connectivity index (χ0v) is 26.2. The Balaban J connectivity index is 1.51. The molecule has 0 radical (unpaired) electrons. The third-order valence-electron chi connectivity index (χ3n) is 7.06. The molecule has 0 fully saturated rings. The summed E-state index contributed by atoms with van der Waals surface area (Å²) in [6.45, 7) is 9.49. The van der Waals surface area contributed by atoms with E-state index in [1.807, 2.05) is 32.0 Å². The van der Waals surface area contributed by atoms with E-state index in [0.29, 0.717) is 10.6 Å². The zero-order valence-electron chi connectivity index (χ0n) is 25.4. The van der Waals surface area contributed by atoms with Crippen LogP contribution in [0.25, 0.3) is 16.7 Å². The Bertz CT molecular complexity index is 1800. The number of thiophene rings is 1. The topological polar surface area (TPSA) is 100 Å². The fourth-order valence-corrected chi connectivity index (χ4v) is 6.11. The maximum atomic E-state index is 13.0. The molecule has 8 nitrogen and oxygen atoms in total. The highest BCUT2D eigenvalue weighted by Gasteiger charge is 2.28. The molecule has 0 amide bonds. The van der Waals surface area contributed by atoms with Gasteiger partial charge in [-0.25, -0.2) is 9.59 Å². The van der Waals surface area contributed by atoms with Crippen molar-refractivity contribution in [2.24, 2.45) is 0 Å². The van der Waals surface area contributed by atoms with E-state index in [-0.39, 0.29) is 35.2 Å². The van der Waals surface area contributed by atoms with Gasteiger partial charge in [0.25, 0.3) is 0 Å². The van der Waals surface area contributed by atoms with Crippen molar-refractivity contribution in [2.75, 3.05) is 12.4 Å². The van der Waals surface area contributed by atoms with Gasteiger partial charge in [-0.15, -0.1) is 11.3 Å². The third-order valence-corrected chi connectivity index (χ3v) is 8.05. The second-order valence-electron chi connectivity index (χ2n) is 11.0. The van der Waals surface area contributed by atoms with Gasteiger partial charge in [0.15, 0.2) is 0 Å². The van der Waals surface area contributed by atoms with Gasteiger partial charge in [-0.3, -0.25) is 4.79 Å². The Morgan fingerprint density at radius 1 is 0.864 bits per heavy atom. The van der Waals surface area contributed by atoms with Gasteiger partial charge in [0, 0.05) is 40.2 Å². The second-order valence-corrected chi connectivity index (χ2v) is 12.3. The predicted octanol–water partition coefficient (Wildman–Crippen LogP) is 7.84. The predicted molar refractivity (Wildman–Crippen MR) is 171 cm³/mol. The lowest BCUT2D eigenvalue weighted by Gasteiger charge is -2.33. The van der Waals surface area contributed by atoms with Gasteiger partial charge < -0.3 is 24.3 Å². The average Bonchev–Trinajstić information content (AvgIpc) is 3.41. The third kappa shape index (κ3) is 6.53. The van der Waals surface area contributed by atoms with Crippen LogP contribution in [0.5, 0.6) is 17.2 Å². The minimum Gasteiger partial charge on any atom is -0.496 e. The molecule has 1 aromatic heterocycles. The molecule has 1 aliphatic heterocycles. The lowest BCUT2D eigenvalue weighted by molar-refractivity contribution is -0.131. The number of allylic oxidation sites excluding steroid dienone is 1. The Kier molecular flexibility index (Phi) is 8.60. The Morgan fingerprint density at radius 3 is 2.32 bits per heavy atom. The fourth-order valence-electron chi connectivity index (χ4n) is 5.35. The number of nitrogens with one attached hydrogen (secondary N) is 1. The van der Waals surface area contributed by atoms with E-state index >= 15 is 0 Å². The summed E-state index contributed by atoms with van der Waals surface area (Å²) in [5.74, 6) is -0.809. The number of fused-ring (bicyclic) bond motifs is 1. The summed E-state index contributed by atoms with van der Waals surface area (Å²) in [6, 6.07) is 19.1. The first-order chi connectivity index (χ1) is 21.0. The molecule has 9 heteroatoms. The molecule has 0 aliphatic carbocycles. The molecular weight excluding hydrogens is 578 g/mol. The summed E-state index contributed by atoms with van der Waals surface area (Å²) in [7, 11) is 1.53. The number of hydrogen-bond acceptors (Lipinski definition) is 9. The van der Waals surface area contributed by atoms with Crippen molar-refractivity contribution in [1.29, 1.82) is 0 Å². The lowest BCUT2D eigenvalue weighted by Crippen LogP contribution is -2.32. The molecule has 1 N–H and O–H groups in total. The van der Waals surface area contributed by atoms with E-state index in [9.17, 15) is 14.4 Å². The van der Waals surface area contributed by atoms with E-state index in [1.54, 1.807) is 36.4 Å². The molecule has 44 heavy (non-hydrogen) atoms. The second kappa shape index (κ2) is 12.4. The van der Waals surface area contributed by atoms with Crippen molar-refractivity contribution < 1.29 is 33.3 Å². The van der Waals surface area contributed by atoms with Gasteiger partial charge in [-0.05, 0) is 81.3 Å². The van der Waals surface area contributed by atoms with Crippen LogP contribution in [-0.2, 0) is 16.1 Å². The Hall–Kier alpha value is -4.89. The molecule has 0 saturated heterocycles. The molecule has 0 saturated carbocycles. The van der Waals surface area contributed by atoms with E-state index in [2.05, 4.69) is 25.2 Å². The van der Waals surface area contributed by atoms with Crippen LogP contribution in [0.4, 0.5) is 5.69 Å². The summed E-state index contributed by atoms with van der Waals surface area (Å²) in [5, 5.41) is 3.56. The molecular formula is C35H33NO7S. The van der Waals surface area contributed by atoms with Crippen LogP contribution >= 0.6 is 11.3 Å². The lowest BCUT2D eigenvalue weighted by atomic mass is 9.85. The van der Waals surface area contributed by atoms with Gasteiger partial charge in [-0.1, -0.05) is 24.3 Å². The van der Waals surface area contributed by atoms with Crippen LogP contribution in [0.15, 0.2) is 72.8 Å². The molecule has 0 unspecified atom stereocenters. The fraction of sp³-hybridized carbons (Fsp3) is 0.229. The largest absolute Gasteiger partial charge is 0.496 e. The number of anilines is 1. The standard InChI is InChI=1S/C35H33NO7S/c1-20-18-35(4,5)36-28-15-14-24(27(32(20)28)19-41-34(39)31-16-11-21(2)44-31)25-13-12-23(17-30(25)40-6)43-33(38)26-9-7-8-10-29(26)42-22(3)37/h7-18,36H,19H2,1-6H3. The van der Waals surface area contributed by atoms with E-state index in [0.717, 1.165) is 38.4 Å². The smallest absolute Gasteiger partial charge is 0.348 e. The van der Waals surface area contributed by atoms with Crippen LogP contribution in [0, 0.1) is 6.92 Å². The number of benzene rings is 3. The summed E-state index contributed by atoms with van der Waals surface area (Å²) in [4.78, 5) is 39.1. The summed E-state index contributed by atoms with van der Waals surface area (Å²) < 4.78 is 22.4. The molecule has 1 aliphatic rings. The minimum absolute atomic E-state index is 0.0361. The summed E-state index contributed by atoms with van der Waals surface area (Å²) >= 11 is 1.39. The van der Waals surface area contributed by atoms with Crippen molar-refractivity contribution in [3.63, 3.8) is 0 Å². The van der Waals surface area contributed by atoms with Gasteiger partial charge in [-0.2, -0.15) is 0 Å². The van der Waals surface area contributed by atoms with Gasteiger partial charge in [0.05, 0.1) is 12.6 Å². The average molecular weight is 612 g/mol. The molecule has 0 spiro atoms. The maximum Gasteiger partial charge on any atom is 0.348 e. The number of para-hydroxylation sites is 1. The number of methoxy groups -OCH3 is 1. The van der Waals surface area contributed by atoms with Crippen molar-refractivity contribution in [1.82, 2.24) is 0 Å². The van der Waals surface area contributed by atoms with E-state index < -0.39 is 11.9 Å². The number of carbonyl (C=O) groups excluding carboxylic acids is 3. The number of ether oxygens (including phenoxy) is 4. The van der Waals surface area contributed by atoms with Crippen molar-refractivity contribution >= 4 is 40.5 Å². The number of aryl methyl sites for hydroxylation is 1. The van der Waals surface area contributed by atoms with Gasteiger partial charge >= 0.3 is 17.9 Å². The summed E-state index contributed by atoms with van der Waals surface area (Å²) in [5.41, 5.74) is 5.17. The molecule has 0 bridgehead atoms. The van der Waals surface area contributed by atoms with Crippen LogP contribution in [0.2, 0.25) is 0 Å². The quantitative estimate of drug-likeness (QED) is 0.159. The highest BCUT2D eigenvalue weighted by molar-refractivity contribution is 7.13. The number of esters is 3. The van der Waals surface area contributed by atoms with Gasteiger partial charge in [0.1, 0.15) is 34.3 Å². The maximum absolute atomic E-state index is 13.0. The van der Waals surface area contributed by atoms with Crippen LogP contribution in [0.3, 0.4) is 0 Å². The highest BCUT2D eigenvalue weighted by Crippen LogP contribution is 2.43. The monoisotopic (exact) mass is 611 g/mol. The van der Waals surface area contributed by atoms with Crippen LogP contribution < -0.4 is 19.5 Å². The number of rotatable bonds is 8. The Morgan fingerprint density at radius 2 is 1.61 bits per heavy atom. The van der Waals surface area contributed by atoms with Crippen LogP contribution in [-0.4, -0.2) is 30.6 Å². The van der Waals surface area contributed by atoms with E-state index in [4.69, 9.17) is 18.9 Å². The Labute approximate surface area is 260 Å². The molecule has 2 heterocycles.